The maximum atomic E-state index is 12.6. The molecule has 0 aliphatic carbocycles. The molecule has 3 rings (SSSR count). The van der Waals surface area contributed by atoms with Gasteiger partial charge in [0.2, 0.25) is 5.91 Å². The van der Waals surface area contributed by atoms with Gasteiger partial charge in [0.15, 0.2) is 0 Å². The number of anilines is 1. The molecule has 0 unspecified atom stereocenters. The van der Waals surface area contributed by atoms with Crippen LogP contribution in [-0.2, 0) is 4.79 Å². The number of amides is 2. The van der Waals surface area contributed by atoms with Crippen molar-refractivity contribution in [3.05, 3.63) is 102 Å². The molecule has 3 aromatic carbocycles. The van der Waals surface area contributed by atoms with E-state index in [0.717, 1.165) is 5.56 Å². The summed E-state index contributed by atoms with van der Waals surface area (Å²) in [7, 11) is 0. The van der Waals surface area contributed by atoms with Crippen molar-refractivity contribution in [2.24, 2.45) is 0 Å². The minimum atomic E-state index is -0.465. The largest absolute Gasteiger partial charge is 0.345 e. The first-order valence-corrected chi connectivity index (χ1v) is 8.86. The van der Waals surface area contributed by atoms with Crippen LogP contribution < -0.4 is 10.6 Å². The SMILES string of the molecule is N#Cc1ccc(NC(=O)C[C@@H](NC(=O)c2ccccc2)c2ccccc2)cc1. The van der Waals surface area contributed by atoms with Crippen LogP contribution in [0.3, 0.4) is 0 Å². The van der Waals surface area contributed by atoms with Gasteiger partial charge in [-0.3, -0.25) is 9.59 Å². The van der Waals surface area contributed by atoms with E-state index in [2.05, 4.69) is 10.6 Å². The second-order valence-corrected chi connectivity index (χ2v) is 6.24. The Morgan fingerprint density at radius 1 is 0.857 bits per heavy atom. The minimum absolute atomic E-state index is 0.0859. The third-order valence-electron chi connectivity index (χ3n) is 4.23. The Balaban J connectivity index is 1.72. The molecule has 0 fully saturated rings. The predicted octanol–water partition coefficient (Wildman–Crippen LogP) is 4.06. The summed E-state index contributed by atoms with van der Waals surface area (Å²) in [6.45, 7) is 0. The summed E-state index contributed by atoms with van der Waals surface area (Å²) in [5.41, 5.74) is 2.51. The molecule has 5 heteroatoms. The van der Waals surface area contributed by atoms with Gasteiger partial charge in [-0.25, -0.2) is 0 Å². The molecule has 0 spiro atoms. The highest BCUT2D eigenvalue weighted by molar-refractivity contribution is 5.95. The van der Waals surface area contributed by atoms with Crippen LogP contribution in [0.1, 0.15) is 33.9 Å². The molecule has 0 saturated heterocycles. The van der Waals surface area contributed by atoms with Gasteiger partial charge in [0, 0.05) is 11.3 Å². The predicted molar refractivity (Wildman–Crippen MR) is 107 cm³/mol. The zero-order valence-electron chi connectivity index (χ0n) is 15.1. The second kappa shape index (κ2) is 9.15. The average Bonchev–Trinajstić information content (AvgIpc) is 2.75. The van der Waals surface area contributed by atoms with Crippen molar-refractivity contribution in [2.45, 2.75) is 12.5 Å². The summed E-state index contributed by atoms with van der Waals surface area (Å²) in [5, 5.41) is 14.6. The molecule has 0 radical (unpaired) electrons. The molecule has 2 N–H and O–H groups in total. The molecule has 28 heavy (non-hydrogen) atoms. The van der Waals surface area contributed by atoms with Gasteiger partial charge >= 0.3 is 0 Å². The van der Waals surface area contributed by atoms with Gasteiger partial charge in [0.1, 0.15) is 0 Å². The molecule has 2 amide bonds. The molecule has 0 saturated carbocycles. The van der Waals surface area contributed by atoms with E-state index >= 15 is 0 Å². The zero-order valence-corrected chi connectivity index (χ0v) is 15.1. The molecule has 5 nitrogen and oxygen atoms in total. The first-order valence-electron chi connectivity index (χ1n) is 8.86. The topological polar surface area (TPSA) is 82.0 Å². The summed E-state index contributed by atoms with van der Waals surface area (Å²) in [6.07, 6.45) is 0.0859. The molecule has 0 aliphatic rings. The first-order chi connectivity index (χ1) is 13.7. The fourth-order valence-corrected chi connectivity index (χ4v) is 2.79. The van der Waals surface area contributed by atoms with E-state index < -0.39 is 6.04 Å². The van der Waals surface area contributed by atoms with Gasteiger partial charge in [0.05, 0.1) is 24.1 Å². The van der Waals surface area contributed by atoms with E-state index in [9.17, 15) is 9.59 Å². The molecule has 0 heterocycles. The van der Waals surface area contributed by atoms with Crippen molar-refractivity contribution in [3.8, 4) is 6.07 Å². The Morgan fingerprint density at radius 2 is 1.46 bits per heavy atom. The van der Waals surface area contributed by atoms with Gasteiger partial charge < -0.3 is 10.6 Å². The highest BCUT2D eigenvalue weighted by Crippen LogP contribution is 2.19. The average molecular weight is 369 g/mol. The van der Waals surface area contributed by atoms with Gasteiger partial charge in [-0.05, 0) is 42.0 Å². The third kappa shape index (κ3) is 5.05. The van der Waals surface area contributed by atoms with Gasteiger partial charge in [-0.2, -0.15) is 5.26 Å². The van der Waals surface area contributed by atoms with Gasteiger partial charge in [-0.1, -0.05) is 48.5 Å². The number of rotatable bonds is 6. The van der Waals surface area contributed by atoms with Crippen LogP contribution >= 0.6 is 0 Å². The van der Waals surface area contributed by atoms with Crippen LogP contribution in [0.2, 0.25) is 0 Å². The van der Waals surface area contributed by atoms with Crippen LogP contribution in [0.5, 0.6) is 0 Å². The van der Waals surface area contributed by atoms with Crippen LogP contribution in [-0.4, -0.2) is 11.8 Å². The molecule has 138 valence electrons. The minimum Gasteiger partial charge on any atom is -0.345 e. The Kier molecular flexibility index (Phi) is 6.17. The maximum absolute atomic E-state index is 12.6. The second-order valence-electron chi connectivity index (χ2n) is 6.24. The first kappa shape index (κ1) is 18.9. The van der Waals surface area contributed by atoms with E-state index in [1.807, 2.05) is 42.5 Å². The lowest BCUT2D eigenvalue weighted by Crippen LogP contribution is -2.31. The smallest absolute Gasteiger partial charge is 0.251 e. The highest BCUT2D eigenvalue weighted by atomic mass is 16.2. The molecule has 0 bridgehead atoms. The molecule has 1 atom stereocenters. The van der Waals surface area contributed by atoms with Crippen molar-refractivity contribution in [1.82, 2.24) is 5.32 Å². The number of nitriles is 1. The molecule has 0 aliphatic heterocycles. The van der Waals surface area contributed by atoms with Crippen LogP contribution in [0.4, 0.5) is 5.69 Å². The van der Waals surface area contributed by atoms with E-state index in [1.54, 1.807) is 48.5 Å². The number of nitrogens with one attached hydrogen (secondary N) is 2. The summed E-state index contributed by atoms with van der Waals surface area (Å²) in [5.74, 6) is -0.465. The quantitative estimate of drug-likeness (QED) is 0.687. The number of hydrogen-bond acceptors (Lipinski definition) is 3. The standard InChI is InChI=1S/C23H19N3O2/c24-16-17-11-13-20(14-12-17)25-22(27)15-21(18-7-3-1-4-8-18)26-23(28)19-9-5-2-6-10-19/h1-14,21H,15H2,(H,25,27)(H,26,28)/t21-/m1/s1. The molecule has 3 aromatic rings. The number of carbonyl (C=O) groups excluding carboxylic acids is 2. The van der Waals surface area contributed by atoms with E-state index in [0.29, 0.717) is 16.8 Å². The number of benzene rings is 3. The zero-order chi connectivity index (χ0) is 19.8. The Hall–Kier alpha value is -3.91. The normalized spacial score (nSPS) is 11.1. The van der Waals surface area contributed by atoms with Crippen LogP contribution in [0, 0.1) is 11.3 Å². The fraction of sp³-hybridized carbons (Fsp3) is 0.0870. The lowest BCUT2D eigenvalue weighted by molar-refractivity contribution is -0.116. The Labute approximate surface area is 163 Å². The molecule has 0 aromatic heterocycles. The molecular weight excluding hydrogens is 350 g/mol. The maximum Gasteiger partial charge on any atom is 0.251 e. The van der Waals surface area contributed by atoms with Gasteiger partial charge in [-0.15, -0.1) is 0 Å². The monoisotopic (exact) mass is 369 g/mol. The van der Waals surface area contributed by atoms with Crippen molar-refractivity contribution in [1.29, 1.82) is 5.26 Å². The van der Waals surface area contributed by atoms with Crippen molar-refractivity contribution >= 4 is 17.5 Å². The van der Waals surface area contributed by atoms with E-state index in [-0.39, 0.29) is 18.2 Å². The highest BCUT2D eigenvalue weighted by Gasteiger charge is 2.19. The van der Waals surface area contributed by atoms with Crippen LogP contribution in [0.15, 0.2) is 84.9 Å². The lowest BCUT2D eigenvalue weighted by Gasteiger charge is -2.19. The molecular formula is C23H19N3O2. The van der Waals surface area contributed by atoms with Crippen molar-refractivity contribution < 1.29 is 9.59 Å². The summed E-state index contributed by atoms with van der Waals surface area (Å²) < 4.78 is 0. The van der Waals surface area contributed by atoms with E-state index in [1.165, 1.54) is 0 Å². The van der Waals surface area contributed by atoms with Crippen molar-refractivity contribution in [3.63, 3.8) is 0 Å². The Morgan fingerprint density at radius 3 is 2.07 bits per heavy atom. The lowest BCUT2D eigenvalue weighted by atomic mass is 10.0. The summed E-state index contributed by atoms with van der Waals surface area (Å²) in [6, 6.07) is 26.5. The van der Waals surface area contributed by atoms with Gasteiger partial charge in [0.25, 0.3) is 5.91 Å². The summed E-state index contributed by atoms with van der Waals surface area (Å²) >= 11 is 0. The number of carbonyl (C=O) groups is 2. The number of hydrogen-bond donors (Lipinski definition) is 2. The third-order valence-corrected chi connectivity index (χ3v) is 4.23. The van der Waals surface area contributed by atoms with E-state index in [4.69, 9.17) is 5.26 Å². The Bertz CT molecular complexity index is 978. The van der Waals surface area contributed by atoms with Crippen LogP contribution in [0.25, 0.3) is 0 Å². The fourth-order valence-electron chi connectivity index (χ4n) is 2.79. The summed E-state index contributed by atoms with van der Waals surface area (Å²) in [4.78, 5) is 25.1. The number of nitrogens with zero attached hydrogens (tertiary/aromatic N) is 1. The van der Waals surface area contributed by atoms with Crippen molar-refractivity contribution in [2.75, 3.05) is 5.32 Å².